The van der Waals surface area contributed by atoms with Crippen LogP contribution in [0.25, 0.3) is 0 Å². The second-order valence-electron chi connectivity index (χ2n) is 3.79. The zero-order valence-electron chi connectivity index (χ0n) is 6.85. The Balaban J connectivity index is 2.11. The Morgan fingerprint density at radius 2 is 1.75 bits per heavy atom. The predicted molar refractivity (Wildman–Crippen MR) is 42.5 cm³/mol. The minimum atomic E-state index is -0.756. The van der Waals surface area contributed by atoms with E-state index in [1.165, 1.54) is 0 Å². The zero-order valence-corrected chi connectivity index (χ0v) is 6.85. The molecule has 0 aromatic carbocycles. The van der Waals surface area contributed by atoms with E-state index < -0.39 is 18.3 Å². The zero-order chi connectivity index (χ0) is 8.72. The molecule has 2 fully saturated rings. The lowest BCUT2D eigenvalue weighted by molar-refractivity contribution is -0.0735. The normalized spacial score (nSPS) is 53.8. The van der Waals surface area contributed by atoms with Crippen molar-refractivity contribution in [3.8, 4) is 0 Å². The molecule has 0 radical (unpaired) electrons. The van der Waals surface area contributed by atoms with Crippen molar-refractivity contribution in [2.24, 2.45) is 5.92 Å². The minimum Gasteiger partial charge on any atom is -0.393 e. The molecule has 5 atom stereocenters. The number of aliphatic hydroxyl groups excluding tert-OH is 3. The molecule has 0 amide bonds. The molecule has 12 heavy (non-hydrogen) atoms. The highest BCUT2D eigenvalue weighted by Crippen LogP contribution is 2.32. The quantitative estimate of drug-likeness (QED) is 0.358. The van der Waals surface area contributed by atoms with Gasteiger partial charge in [-0.1, -0.05) is 0 Å². The van der Waals surface area contributed by atoms with Gasteiger partial charge in [-0.05, 0) is 12.8 Å². The van der Waals surface area contributed by atoms with Crippen LogP contribution in [0.15, 0.2) is 0 Å². The monoisotopic (exact) mass is 173 g/mol. The molecule has 1 heterocycles. The van der Waals surface area contributed by atoms with E-state index in [0.717, 1.165) is 12.8 Å². The van der Waals surface area contributed by atoms with E-state index in [4.69, 9.17) is 0 Å². The van der Waals surface area contributed by atoms with Crippen molar-refractivity contribution in [1.29, 1.82) is 0 Å². The molecule has 1 aliphatic carbocycles. The van der Waals surface area contributed by atoms with Crippen molar-refractivity contribution >= 4 is 0 Å². The van der Waals surface area contributed by atoms with E-state index in [-0.39, 0.29) is 12.0 Å². The van der Waals surface area contributed by atoms with Gasteiger partial charge in [0.15, 0.2) is 0 Å². The lowest BCUT2D eigenvalue weighted by Gasteiger charge is -2.36. The lowest BCUT2D eigenvalue weighted by atomic mass is 9.88. The van der Waals surface area contributed by atoms with E-state index in [1.807, 2.05) is 0 Å². The first-order valence-corrected chi connectivity index (χ1v) is 4.47. The fourth-order valence-electron chi connectivity index (χ4n) is 2.36. The minimum absolute atomic E-state index is 0.172. The first-order chi connectivity index (χ1) is 5.70. The average molecular weight is 173 g/mol. The largest absolute Gasteiger partial charge is 0.393 e. The summed E-state index contributed by atoms with van der Waals surface area (Å²) in [6.07, 6.45) is -0.304. The molecule has 0 spiro atoms. The van der Waals surface area contributed by atoms with Gasteiger partial charge in [-0.15, -0.1) is 0 Å². The summed E-state index contributed by atoms with van der Waals surface area (Å²) >= 11 is 0. The van der Waals surface area contributed by atoms with Crippen LogP contribution in [0.1, 0.15) is 12.8 Å². The summed E-state index contributed by atoms with van der Waals surface area (Å²) in [5.41, 5.74) is 0. The third-order valence-electron chi connectivity index (χ3n) is 3.06. The maximum Gasteiger partial charge on any atom is 0.0927 e. The highest BCUT2D eigenvalue weighted by atomic mass is 16.3. The van der Waals surface area contributed by atoms with Gasteiger partial charge in [0.05, 0.1) is 18.3 Å². The van der Waals surface area contributed by atoms with Gasteiger partial charge in [-0.3, -0.25) is 0 Å². The SMILES string of the molecule is OC1CNC2CCC(O)C2C1O. The van der Waals surface area contributed by atoms with Crippen LogP contribution in [0.3, 0.4) is 0 Å². The second-order valence-corrected chi connectivity index (χ2v) is 3.79. The number of piperidine rings is 1. The summed E-state index contributed by atoms with van der Waals surface area (Å²) in [4.78, 5) is 0. The molecule has 0 bridgehead atoms. The molecular weight excluding hydrogens is 158 g/mol. The fraction of sp³-hybridized carbons (Fsp3) is 1.00. The maximum atomic E-state index is 9.57. The molecular formula is C8H15NO3. The van der Waals surface area contributed by atoms with Crippen molar-refractivity contribution in [3.05, 3.63) is 0 Å². The third kappa shape index (κ3) is 1.15. The molecule has 0 aromatic rings. The van der Waals surface area contributed by atoms with Gasteiger partial charge in [0.2, 0.25) is 0 Å². The van der Waals surface area contributed by atoms with E-state index in [0.29, 0.717) is 6.54 Å². The van der Waals surface area contributed by atoms with Crippen LogP contribution in [0.4, 0.5) is 0 Å². The third-order valence-corrected chi connectivity index (χ3v) is 3.06. The molecule has 2 rings (SSSR count). The summed E-state index contributed by atoms with van der Waals surface area (Å²) < 4.78 is 0. The van der Waals surface area contributed by atoms with E-state index in [1.54, 1.807) is 0 Å². The number of fused-ring (bicyclic) bond motifs is 1. The standard InChI is InChI=1S/C8H15NO3/c10-5-2-1-4-7(5)8(12)6(11)3-9-4/h4-12H,1-3H2. The Bertz CT molecular complexity index is 176. The number of nitrogens with one attached hydrogen (secondary N) is 1. The van der Waals surface area contributed by atoms with Crippen LogP contribution >= 0.6 is 0 Å². The van der Waals surface area contributed by atoms with Gasteiger partial charge in [-0.2, -0.15) is 0 Å². The van der Waals surface area contributed by atoms with Crippen LogP contribution in [0, 0.1) is 5.92 Å². The van der Waals surface area contributed by atoms with Crippen LogP contribution in [0.2, 0.25) is 0 Å². The van der Waals surface area contributed by atoms with Crippen molar-refractivity contribution < 1.29 is 15.3 Å². The van der Waals surface area contributed by atoms with Gasteiger partial charge in [0.1, 0.15) is 0 Å². The van der Waals surface area contributed by atoms with Crippen LogP contribution < -0.4 is 5.32 Å². The summed E-state index contributed by atoms with van der Waals surface area (Å²) in [7, 11) is 0. The highest BCUT2D eigenvalue weighted by Gasteiger charge is 2.45. The van der Waals surface area contributed by atoms with Crippen molar-refractivity contribution in [3.63, 3.8) is 0 Å². The van der Waals surface area contributed by atoms with Crippen molar-refractivity contribution in [1.82, 2.24) is 5.32 Å². The summed E-state index contributed by atoms with van der Waals surface area (Å²) in [5.74, 6) is -0.172. The van der Waals surface area contributed by atoms with E-state index in [9.17, 15) is 15.3 Å². The molecule has 0 aromatic heterocycles. The molecule has 4 heteroatoms. The number of hydrogen-bond donors (Lipinski definition) is 4. The summed E-state index contributed by atoms with van der Waals surface area (Å²) in [5, 5.41) is 31.5. The number of rotatable bonds is 0. The van der Waals surface area contributed by atoms with Gasteiger partial charge < -0.3 is 20.6 Å². The van der Waals surface area contributed by atoms with Crippen LogP contribution in [-0.2, 0) is 0 Å². The Labute approximate surface area is 71.2 Å². The van der Waals surface area contributed by atoms with Crippen molar-refractivity contribution in [2.45, 2.75) is 37.2 Å². The number of hydrogen-bond acceptors (Lipinski definition) is 4. The summed E-state index contributed by atoms with van der Waals surface area (Å²) in [6, 6.07) is 0.193. The Morgan fingerprint density at radius 3 is 2.50 bits per heavy atom. The highest BCUT2D eigenvalue weighted by molar-refractivity contribution is 4.99. The molecule has 4 nitrogen and oxygen atoms in total. The van der Waals surface area contributed by atoms with Gasteiger partial charge in [-0.25, -0.2) is 0 Å². The lowest BCUT2D eigenvalue weighted by Crippen LogP contribution is -2.56. The van der Waals surface area contributed by atoms with Crippen LogP contribution in [0.5, 0.6) is 0 Å². The Hall–Kier alpha value is -0.160. The number of β-amino-alcohol motifs (C(OH)–C–C–N with tert-alkyl or cyclic N) is 1. The molecule has 4 N–H and O–H groups in total. The Kier molecular flexibility index (Phi) is 2.08. The second kappa shape index (κ2) is 2.96. The molecule has 1 saturated heterocycles. The molecule has 1 saturated carbocycles. The van der Waals surface area contributed by atoms with Crippen LogP contribution in [-0.4, -0.2) is 46.2 Å². The predicted octanol–water partition coefficient (Wildman–Crippen LogP) is -1.55. The van der Waals surface area contributed by atoms with Gasteiger partial charge in [0.25, 0.3) is 0 Å². The smallest absolute Gasteiger partial charge is 0.0927 e. The molecule has 70 valence electrons. The molecule has 2 aliphatic rings. The van der Waals surface area contributed by atoms with Gasteiger partial charge in [0, 0.05) is 18.5 Å². The molecule has 1 aliphatic heterocycles. The van der Waals surface area contributed by atoms with Gasteiger partial charge >= 0.3 is 0 Å². The van der Waals surface area contributed by atoms with E-state index >= 15 is 0 Å². The first kappa shape index (κ1) is 8.44. The summed E-state index contributed by atoms with van der Waals surface area (Å²) in [6.45, 7) is 0.440. The molecule has 5 unspecified atom stereocenters. The first-order valence-electron chi connectivity index (χ1n) is 4.47. The Morgan fingerprint density at radius 1 is 1.00 bits per heavy atom. The average Bonchev–Trinajstić information content (AvgIpc) is 2.41. The maximum absolute atomic E-state index is 9.57. The van der Waals surface area contributed by atoms with Crippen molar-refractivity contribution in [2.75, 3.05) is 6.54 Å². The topological polar surface area (TPSA) is 72.7 Å². The number of aliphatic hydroxyl groups is 3. The van der Waals surface area contributed by atoms with E-state index in [2.05, 4.69) is 5.32 Å². The fourth-order valence-corrected chi connectivity index (χ4v) is 2.36.